The molecule has 22 heavy (non-hydrogen) atoms. The van der Waals surface area contributed by atoms with Crippen molar-refractivity contribution in [3.8, 4) is 0 Å². The number of halogens is 2. The molecule has 3 rings (SSSR count). The summed E-state index contributed by atoms with van der Waals surface area (Å²) in [4.78, 5) is 6.00. The second kappa shape index (κ2) is 8.78. The third-order valence-corrected chi connectivity index (χ3v) is 4.68. The summed E-state index contributed by atoms with van der Waals surface area (Å²) in [5, 5.41) is 4.85. The monoisotopic (exact) mass is 343 g/mol. The van der Waals surface area contributed by atoms with Gasteiger partial charge in [-0.2, -0.15) is 0 Å². The first-order valence-electron chi connectivity index (χ1n) is 7.82. The number of aromatic nitrogens is 1. The van der Waals surface area contributed by atoms with Crippen molar-refractivity contribution in [1.29, 1.82) is 0 Å². The van der Waals surface area contributed by atoms with Gasteiger partial charge in [-0.25, -0.2) is 0 Å². The lowest BCUT2D eigenvalue weighted by molar-refractivity contribution is 0.129. The first kappa shape index (κ1) is 19.3. The Balaban J connectivity index is 0.00000121. The van der Waals surface area contributed by atoms with Gasteiger partial charge in [0, 0.05) is 49.3 Å². The van der Waals surface area contributed by atoms with Gasteiger partial charge < -0.3 is 10.3 Å². The molecular weight excluding hydrogens is 317 g/mol. The number of nitrogens with one attached hydrogen (secondary N) is 2. The molecular formula is C17H27Cl2N3. The number of piperazine rings is 1. The van der Waals surface area contributed by atoms with Crippen molar-refractivity contribution < 1.29 is 0 Å². The van der Waals surface area contributed by atoms with Crippen LogP contribution in [0.4, 0.5) is 0 Å². The van der Waals surface area contributed by atoms with E-state index in [1.165, 1.54) is 22.9 Å². The zero-order chi connectivity index (χ0) is 13.9. The van der Waals surface area contributed by atoms with E-state index in [0.717, 1.165) is 26.2 Å². The second-order valence-corrected chi connectivity index (χ2v) is 5.90. The molecule has 1 aromatic heterocycles. The molecule has 0 aliphatic carbocycles. The quantitative estimate of drug-likeness (QED) is 0.878. The number of fused-ring (bicyclic) bond motifs is 1. The fourth-order valence-corrected chi connectivity index (χ4v) is 3.41. The maximum atomic E-state index is 3.46. The van der Waals surface area contributed by atoms with E-state index < -0.39 is 0 Å². The molecule has 1 unspecified atom stereocenters. The highest BCUT2D eigenvalue weighted by molar-refractivity contribution is 5.85. The fourth-order valence-electron chi connectivity index (χ4n) is 3.41. The van der Waals surface area contributed by atoms with Crippen molar-refractivity contribution in [2.45, 2.75) is 26.3 Å². The van der Waals surface area contributed by atoms with Crippen LogP contribution in [0, 0.1) is 5.92 Å². The Morgan fingerprint density at radius 2 is 1.86 bits per heavy atom. The summed E-state index contributed by atoms with van der Waals surface area (Å²) >= 11 is 0. The molecule has 124 valence electrons. The Morgan fingerprint density at radius 1 is 1.14 bits per heavy atom. The number of benzene rings is 1. The normalized spacial score (nSPS) is 18.3. The first-order chi connectivity index (χ1) is 9.81. The van der Waals surface area contributed by atoms with Crippen molar-refractivity contribution in [3.05, 3.63) is 36.0 Å². The third kappa shape index (κ3) is 3.77. The molecule has 1 aromatic carbocycles. The SMILES string of the molecule is CCC(C)[C@@H](c1cccc2[nH]ccc12)N1CCNCC1.Cl.Cl. The lowest BCUT2D eigenvalue weighted by Gasteiger charge is -2.38. The third-order valence-electron chi connectivity index (χ3n) is 4.68. The molecule has 0 radical (unpaired) electrons. The molecule has 3 nitrogen and oxygen atoms in total. The van der Waals surface area contributed by atoms with Gasteiger partial charge in [0.1, 0.15) is 0 Å². The maximum Gasteiger partial charge on any atom is 0.0457 e. The summed E-state index contributed by atoms with van der Waals surface area (Å²) < 4.78 is 0. The predicted molar refractivity (Wildman–Crippen MR) is 99.4 cm³/mol. The Morgan fingerprint density at radius 3 is 2.55 bits per heavy atom. The number of H-pyrrole nitrogens is 1. The summed E-state index contributed by atoms with van der Waals surface area (Å²) in [5.74, 6) is 0.675. The Bertz CT molecular complexity index is 564. The Hall–Kier alpha value is -0.740. The smallest absolute Gasteiger partial charge is 0.0457 e. The van der Waals surface area contributed by atoms with Crippen molar-refractivity contribution >= 4 is 35.7 Å². The molecule has 0 amide bonds. The van der Waals surface area contributed by atoms with E-state index in [4.69, 9.17) is 0 Å². The first-order valence-corrected chi connectivity index (χ1v) is 7.82. The van der Waals surface area contributed by atoms with Gasteiger partial charge in [0.05, 0.1) is 0 Å². The predicted octanol–water partition coefficient (Wildman–Crippen LogP) is 4.00. The van der Waals surface area contributed by atoms with Crippen LogP contribution in [-0.4, -0.2) is 36.1 Å². The average Bonchev–Trinajstić information content (AvgIpc) is 2.98. The van der Waals surface area contributed by atoms with Crippen molar-refractivity contribution in [2.24, 2.45) is 5.92 Å². The molecule has 0 saturated carbocycles. The van der Waals surface area contributed by atoms with Crippen LogP contribution in [0.3, 0.4) is 0 Å². The van der Waals surface area contributed by atoms with Crippen molar-refractivity contribution in [3.63, 3.8) is 0 Å². The van der Waals surface area contributed by atoms with Crippen LogP contribution in [0.15, 0.2) is 30.5 Å². The zero-order valence-corrected chi connectivity index (χ0v) is 15.0. The van der Waals surface area contributed by atoms with Crippen LogP contribution in [0.5, 0.6) is 0 Å². The van der Waals surface area contributed by atoms with E-state index in [-0.39, 0.29) is 24.8 Å². The molecule has 1 saturated heterocycles. The minimum Gasteiger partial charge on any atom is -0.361 e. The molecule has 0 spiro atoms. The number of hydrogen-bond donors (Lipinski definition) is 2. The Kier molecular flexibility index (Phi) is 7.70. The van der Waals surface area contributed by atoms with E-state index in [2.05, 4.69) is 59.5 Å². The van der Waals surface area contributed by atoms with E-state index >= 15 is 0 Å². The summed E-state index contributed by atoms with van der Waals surface area (Å²) in [7, 11) is 0. The highest BCUT2D eigenvalue weighted by atomic mass is 35.5. The molecule has 2 aromatic rings. The highest BCUT2D eigenvalue weighted by Gasteiger charge is 2.27. The number of hydrogen-bond acceptors (Lipinski definition) is 2. The maximum absolute atomic E-state index is 3.46. The average molecular weight is 344 g/mol. The van der Waals surface area contributed by atoms with Crippen LogP contribution >= 0.6 is 24.8 Å². The molecule has 1 fully saturated rings. The number of rotatable bonds is 4. The van der Waals surface area contributed by atoms with Gasteiger partial charge in [-0.3, -0.25) is 4.90 Å². The van der Waals surface area contributed by atoms with E-state index in [1.54, 1.807) is 0 Å². The zero-order valence-electron chi connectivity index (χ0n) is 13.3. The van der Waals surface area contributed by atoms with Crippen LogP contribution in [0.1, 0.15) is 31.9 Å². The minimum atomic E-state index is 0. The minimum absolute atomic E-state index is 0. The summed E-state index contributed by atoms with van der Waals surface area (Å²) in [6.07, 6.45) is 3.27. The summed E-state index contributed by atoms with van der Waals surface area (Å²) in [6, 6.07) is 9.43. The fraction of sp³-hybridized carbons (Fsp3) is 0.529. The van der Waals surface area contributed by atoms with Gasteiger partial charge in [0.25, 0.3) is 0 Å². The van der Waals surface area contributed by atoms with Gasteiger partial charge >= 0.3 is 0 Å². The molecule has 2 atom stereocenters. The van der Waals surface area contributed by atoms with Crippen LogP contribution in [0.25, 0.3) is 10.9 Å². The second-order valence-electron chi connectivity index (χ2n) is 5.90. The van der Waals surface area contributed by atoms with Gasteiger partial charge in [-0.1, -0.05) is 32.4 Å². The number of nitrogens with zero attached hydrogens (tertiary/aromatic N) is 1. The molecule has 2 N–H and O–H groups in total. The van der Waals surface area contributed by atoms with Gasteiger partial charge in [0.2, 0.25) is 0 Å². The van der Waals surface area contributed by atoms with Crippen molar-refractivity contribution in [1.82, 2.24) is 15.2 Å². The lowest BCUT2D eigenvalue weighted by Crippen LogP contribution is -2.46. The molecule has 5 heteroatoms. The van der Waals surface area contributed by atoms with E-state index in [1.807, 2.05) is 0 Å². The number of aromatic amines is 1. The molecule has 1 aliphatic rings. The Labute approximate surface area is 145 Å². The largest absolute Gasteiger partial charge is 0.361 e. The van der Waals surface area contributed by atoms with Crippen LogP contribution in [0.2, 0.25) is 0 Å². The highest BCUT2D eigenvalue weighted by Crippen LogP contribution is 2.35. The summed E-state index contributed by atoms with van der Waals surface area (Å²) in [6.45, 7) is 9.20. The molecule has 2 heterocycles. The topological polar surface area (TPSA) is 31.1 Å². The van der Waals surface area contributed by atoms with Gasteiger partial charge in [0.15, 0.2) is 0 Å². The van der Waals surface area contributed by atoms with E-state index in [9.17, 15) is 0 Å². The summed E-state index contributed by atoms with van der Waals surface area (Å²) in [5.41, 5.74) is 2.74. The molecule has 1 aliphatic heterocycles. The van der Waals surface area contributed by atoms with Crippen molar-refractivity contribution in [2.75, 3.05) is 26.2 Å². The van der Waals surface area contributed by atoms with E-state index in [0.29, 0.717) is 12.0 Å². The lowest BCUT2D eigenvalue weighted by atomic mass is 9.88. The molecule has 0 bridgehead atoms. The van der Waals surface area contributed by atoms with Gasteiger partial charge in [-0.05, 0) is 23.6 Å². The van der Waals surface area contributed by atoms with Crippen LogP contribution in [-0.2, 0) is 0 Å². The van der Waals surface area contributed by atoms with Crippen LogP contribution < -0.4 is 5.32 Å². The standard InChI is InChI=1S/C17H25N3.2ClH/c1-3-13(2)17(20-11-9-18-10-12-20)15-5-4-6-16-14(15)7-8-19-16;;/h4-8,13,17-19H,3,9-12H2,1-2H3;2*1H/t13?,17-;;/m0../s1. The van der Waals surface area contributed by atoms with Gasteiger partial charge in [-0.15, -0.1) is 24.8 Å².